The summed E-state index contributed by atoms with van der Waals surface area (Å²) in [4.78, 5) is 26.2. The first-order valence-electron chi connectivity index (χ1n) is 10.6. The summed E-state index contributed by atoms with van der Waals surface area (Å²) in [6.45, 7) is 2.35. The van der Waals surface area contributed by atoms with Crippen LogP contribution in [-0.2, 0) is 16.1 Å². The van der Waals surface area contributed by atoms with E-state index in [9.17, 15) is 14.7 Å². The maximum atomic E-state index is 13.1. The summed E-state index contributed by atoms with van der Waals surface area (Å²) in [6.07, 6.45) is 2.64. The Labute approximate surface area is 176 Å². The molecule has 0 radical (unpaired) electrons. The Morgan fingerprint density at radius 1 is 1.13 bits per heavy atom. The predicted molar refractivity (Wildman–Crippen MR) is 114 cm³/mol. The van der Waals surface area contributed by atoms with Crippen LogP contribution in [0, 0.1) is 11.8 Å². The smallest absolute Gasteiger partial charge is 0.414 e. The van der Waals surface area contributed by atoms with Crippen LogP contribution in [0.5, 0.6) is 0 Å². The van der Waals surface area contributed by atoms with Gasteiger partial charge in [-0.1, -0.05) is 61.9 Å². The van der Waals surface area contributed by atoms with Gasteiger partial charge in [-0.3, -0.25) is 9.69 Å². The fourth-order valence-corrected chi connectivity index (χ4v) is 4.73. The highest BCUT2D eigenvalue weighted by Gasteiger charge is 2.46. The fourth-order valence-electron chi connectivity index (χ4n) is 4.73. The number of nitrogens with zero attached hydrogens (tertiary/aromatic N) is 1. The zero-order valence-corrected chi connectivity index (χ0v) is 17.2. The molecule has 1 saturated carbocycles. The molecule has 30 heavy (non-hydrogen) atoms. The number of amides is 1. The quantitative estimate of drug-likeness (QED) is 0.742. The molecule has 2 aromatic carbocycles. The number of carboxylic acid groups (broad SMARTS) is 1. The van der Waals surface area contributed by atoms with Gasteiger partial charge in [0.25, 0.3) is 0 Å². The summed E-state index contributed by atoms with van der Waals surface area (Å²) in [5, 5.41) is 12.7. The molecule has 6 heteroatoms. The molecule has 4 atom stereocenters. The maximum Gasteiger partial charge on any atom is 0.414 e. The second-order valence-electron chi connectivity index (χ2n) is 8.26. The average molecular weight is 408 g/mol. The van der Waals surface area contributed by atoms with E-state index in [-0.39, 0.29) is 30.7 Å². The lowest BCUT2D eigenvalue weighted by atomic mass is 9.82. The molecular formula is C24H28N2O4. The van der Waals surface area contributed by atoms with Crippen LogP contribution in [0.2, 0.25) is 0 Å². The second-order valence-corrected chi connectivity index (χ2v) is 8.26. The fraction of sp³-hybridized carbons (Fsp3) is 0.417. The van der Waals surface area contributed by atoms with Crippen molar-refractivity contribution in [3.05, 3.63) is 65.7 Å². The van der Waals surface area contributed by atoms with E-state index in [1.165, 1.54) is 0 Å². The number of para-hydroxylation sites is 1. The van der Waals surface area contributed by atoms with Crippen LogP contribution in [0.15, 0.2) is 54.6 Å². The number of carbonyl (C=O) groups is 2. The number of fused-ring (bicyclic) bond motifs is 2. The second kappa shape index (κ2) is 8.88. The minimum absolute atomic E-state index is 0.0358. The van der Waals surface area contributed by atoms with Crippen molar-refractivity contribution in [2.24, 2.45) is 11.8 Å². The number of hydrogen-bond donors (Lipinski definition) is 2. The number of anilines is 1. The molecule has 6 nitrogen and oxygen atoms in total. The summed E-state index contributed by atoms with van der Waals surface area (Å²) < 4.78 is 5.69. The normalized spacial score (nSPS) is 23.4. The van der Waals surface area contributed by atoms with Crippen LogP contribution in [0.25, 0.3) is 0 Å². The van der Waals surface area contributed by atoms with Crippen molar-refractivity contribution in [2.75, 3.05) is 11.4 Å². The highest BCUT2D eigenvalue weighted by atomic mass is 16.6. The van der Waals surface area contributed by atoms with E-state index < -0.39 is 11.9 Å². The molecule has 4 rings (SSSR count). The van der Waals surface area contributed by atoms with Crippen molar-refractivity contribution in [3.63, 3.8) is 0 Å². The number of carbonyl (C=O) groups excluding carboxylic acids is 1. The van der Waals surface area contributed by atoms with Gasteiger partial charge < -0.3 is 15.2 Å². The highest BCUT2D eigenvalue weighted by Crippen LogP contribution is 2.48. The topological polar surface area (TPSA) is 78.9 Å². The van der Waals surface area contributed by atoms with E-state index in [2.05, 4.69) is 5.32 Å². The van der Waals surface area contributed by atoms with Crippen molar-refractivity contribution in [3.8, 4) is 0 Å². The molecule has 1 fully saturated rings. The van der Waals surface area contributed by atoms with E-state index in [1.807, 2.05) is 59.5 Å². The van der Waals surface area contributed by atoms with Crippen molar-refractivity contribution in [2.45, 2.75) is 44.9 Å². The van der Waals surface area contributed by atoms with Crippen molar-refractivity contribution < 1.29 is 19.4 Å². The van der Waals surface area contributed by atoms with Crippen molar-refractivity contribution >= 4 is 17.7 Å². The van der Waals surface area contributed by atoms with Crippen LogP contribution < -0.4 is 10.2 Å². The van der Waals surface area contributed by atoms with Crippen LogP contribution in [0.1, 0.15) is 43.4 Å². The minimum Gasteiger partial charge on any atom is -0.481 e. The molecule has 1 amide bonds. The highest BCUT2D eigenvalue weighted by molar-refractivity contribution is 5.90. The van der Waals surface area contributed by atoms with Crippen molar-refractivity contribution in [1.82, 2.24) is 5.32 Å². The largest absolute Gasteiger partial charge is 0.481 e. The summed E-state index contributed by atoms with van der Waals surface area (Å²) in [6, 6.07) is 17.7. The molecule has 2 aliphatic rings. The third-order valence-electron chi connectivity index (χ3n) is 6.29. The summed E-state index contributed by atoms with van der Waals surface area (Å²) in [5.41, 5.74) is 2.86. The molecule has 4 unspecified atom stereocenters. The molecule has 2 N–H and O–H groups in total. The Morgan fingerprint density at radius 3 is 2.63 bits per heavy atom. The average Bonchev–Trinajstić information content (AvgIpc) is 3.24. The van der Waals surface area contributed by atoms with E-state index in [0.717, 1.165) is 36.1 Å². The molecule has 1 aliphatic heterocycles. The first-order chi connectivity index (χ1) is 14.6. The van der Waals surface area contributed by atoms with Gasteiger partial charge in [0.1, 0.15) is 6.61 Å². The van der Waals surface area contributed by atoms with Crippen LogP contribution in [0.4, 0.5) is 10.5 Å². The van der Waals surface area contributed by atoms with E-state index in [1.54, 1.807) is 6.92 Å². The van der Waals surface area contributed by atoms with Gasteiger partial charge in [0.15, 0.2) is 0 Å². The lowest BCUT2D eigenvalue weighted by Crippen LogP contribution is -2.51. The standard InChI is InChI=1S/C24H28N2O4/c1-16(23(27)28)14-25-22-18-10-5-6-12-20(18)26(21-13-7-11-19(21)22)24(29)30-15-17-8-3-2-4-9-17/h2-6,8-10,12,16,19,21-22,25H,7,11,13-15H2,1H3,(H,27,28). The Kier molecular flexibility index (Phi) is 6.04. The molecule has 1 aliphatic carbocycles. The number of aliphatic carboxylic acids is 1. The maximum absolute atomic E-state index is 13.1. The number of nitrogens with one attached hydrogen (secondary N) is 1. The number of rotatable bonds is 6. The van der Waals surface area contributed by atoms with Gasteiger partial charge in [0.2, 0.25) is 0 Å². The van der Waals surface area contributed by atoms with Gasteiger partial charge in [-0.05, 0) is 36.0 Å². The van der Waals surface area contributed by atoms with E-state index in [0.29, 0.717) is 6.54 Å². The van der Waals surface area contributed by atoms with Gasteiger partial charge >= 0.3 is 12.1 Å². The van der Waals surface area contributed by atoms with Gasteiger partial charge in [-0.25, -0.2) is 4.79 Å². The number of benzene rings is 2. The Balaban J connectivity index is 1.57. The lowest BCUT2D eigenvalue weighted by Gasteiger charge is -2.43. The van der Waals surface area contributed by atoms with Crippen LogP contribution >= 0.6 is 0 Å². The zero-order chi connectivity index (χ0) is 21.1. The number of ether oxygens (including phenoxy) is 1. The van der Waals surface area contributed by atoms with Gasteiger partial charge in [0.05, 0.1) is 11.6 Å². The lowest BCUT2D eigenvalue weighted by molar-refractivity contribution is -0.141. The first kappa shape index (κ1) is 20.4. The van der Waals surface area contributed by atoms with Crippen LogP contribution in [-0.4, -0.2) is 29.8 Å². The zero-order valence-electron chi connectivity index (χ0n) is 17.2. The predicted octanol–water partition coefficient (Wildman–Crippen LogP) is 4.36. The summed E-state index contributed by atoms with van der Waals surface area (Å²) >= 11 is 0. The summed E-state index contributed by atoms with van der Waals surface area (Å²) in [7, 11) is 0. The molecule has 0 saturated heterocycles. The van der Waals surface area contributed by atoms with Crippen LogP contribution in [0.3, 0.4) is 0 Å². The summed E-state index contributed by atoms with van der Waals surface area (Å²) in [5.74, 6) is -1.03. The van der Waals surface area contributed by atoms with E-state index in [4.69, 9.17) is 4.74 Å². The third-order valence-corrected chi connectivity index (χ3v) is 6.29. The number of carboxylic acids is 1. The third kappa shape index (κ3) is 4.05. The molecule has 0 aromatic heterocycles. The van der Waals surface area contributed by atoms with Gasteiger partial charge in [-0.2, -0.15) is 0 Å². The molecule has 2 aromatic rings. The molecule has 158 valence electrons. The first-order valence-corrected chi connectivity index (χ1v) is 10.6. The Hall–Kier alpha value is -2.86. The Bertz CT molecular complexity index is 901. The minimum atomic E-state index is -0.805. The van der Waals surface area contributed by atoms with E-state index >= 15 is 0 Å². The number of hydrogen-bond acceptors (Lipinski definition) is 4. The van der Waals surface area contributed by atoms with Gasteiger partial charge in [-0.15, -0.1) is 0 Å². The molecular weight excluding hydrogens is 380 g/mol. The monoisotopic (exact) mass is 408 g/mol. The molecule has 0 bridgehead atoms. The van der Waals surface area contributed by atoms with Crippen molar-refractivity contribution in [1.29, 1.82) is 0 Å². The SMILES string of the molecule is CC(CNC1c2ccccc2N(C(=O)OCc2ccccc2)C2CCCC12)C(=O)O. The molecule has 1 heterocycles. The molecule has 0 spiro atoms. The Morgan fingerprint density at radius 2 is 1.87 bits per heavy atom. The van der Waals surface area contributed by atoms with Gasteiger partial charge in [0, 0.05) is 18.6 Å².